The van der Waals surface area contributed by atoms with Gasteiger partial charge >= 0.3 is 0 Å². The van der Waals surface area contributed by atoms with Gasteiger partial charge in [-0.15, -0.1) is 0 Å². The van der Waals surface area contributed by atoms with E-state index in [2.05, 4.69) is 89.7 Å². The molecule has 0 saturated heterocycles. The van der Waals surface area contributed by atoms with Gasteiger partial charge in [-0.2, -0.15) is 0 Å². The highest BCUT2D eigenvalue weighted by molar-refractivity contribution is 9.10. The maximum Gasteiger partial charge on any atom is 0.0346 e. The summed E-state index contributed by atoms with van der Waals surface area (Å²) in [6, 6.07) is 19.5. The molecule has 2 aromatic carbocycles. The second-order valence-electron chi connectivity index (χ2n) is 5.14. The summed E-state index contributed by atoms with van der Waals surface area (Å²) >= 11 is 3.47. The Balaban J connectivity index is 2.04. The van der Waals surface area contributed by atoms with Crippen molar-refractivity contribution in [1.29, 1.82) is 0 Å². The van der Waals surface area contributed by atoms with Crippen LogP contribution in [-0.4, -0.2) is 0 Å². The van der Waals surface area contributed by atoms with E-state index in [9.17, 15) is 0 Å². The molecule has 1 unspecified atom stereocenters. The van der Waals surface area contributed by atoms with E-state index in [4.69, 9.17) is 0 Å². The highest BCUT2D eigenvalue weighted by atomic mass is 79.9. The number of nitrogens with one attached hydrogen (secondary N) is 1. The van der Waals surface area contributed by atoms with E-state index in [1.807, 2.05) is 0 Å². The number of benzene rings is 2. The van der Waals surface area contributed by atoms with Crippen molar-refractivity contribution in [3.05, 3.63) is 70.2 Å². The predicted molar refractivity (Wildman–Crippen MR) is 85.0 cm³/mol. The molecule has 0 aromatic heterocycles. The van der Waals surface area contributed by atoms with Gasteiger partial charge in [0.25, 0.3) is 0 Å². The molecule has 1 atom stereocenters. The lowest BCUT2D eigenvalue weighted by Gasteiger charge is -2.23. The van der Waals surface area contributed by atoms with Crippen LogP contribution in [0.3, 0.4) is 0 Å². The minimum absolute atomic E-state index is 0.393. The zero-order valence-corrected chi connectivity index (χ0v) is 13.0. The number of hydrogen-bond donors (Lipinski definition) is 1. The van der Waals surface area contributed by atoms with Crippen LogP contribution in [0.4, 0.5) is 0 Å². The molecule has 1 nitrogen and oxygen atoms in total. The van der Waals surface area contributed by atoms with E-state index in [-0.39, 0.29) is 0 Å². The highest BCUT2D eigenvalue weighted by Gasteiger charge is 2.14. The summed E-state index contributed by atoms with van der Waals surface area (Å²) in [6.07, 6.45) is 0. The lowest BCUT2D eigenvalue weighted by Crippen LogP contribution is -2.25. The first-order valence-corrected chi connectivity index (χ1v) is 7.49. The SMILES string of the molecule is CC(C)C(NCc1ccc(Br)cc1)c1ccccc1. The zero-order valence-electron chi connectivity index (χ0n) is 11.4. The van der Waals surface area contributed by atoms with Gasteiger partial charge in [0, 0.05) is 17.1 Å². The Morgan fingerprint density at radius 2 is 1.58 bits per heavy atom. The molecular formula is C17H20BrN. The van der Waals surface area contributed by atoms with Crippen LogP contribution in [0.25, 0.3) is 0 Å². The molecule has 0 aliphatic carbocycles. The fourth-order valence-electron chi connectivity index (χ4n) is 2.23. The lowest BCUT2D eigenvalue weighted by molar-refractivity contribution is 0.410. The van der Waals surface area contributed by atoms with Crippen LogP contribution < -0.4 is 5.32 Å². The summed E-state index contributed by atoms with van der Waals surface area (Å²) in [7, 11) is 0. The van der Waals surface area contributed by atoms with Crippen molar-refractivity contribution < 1.29 is 0 Å². The van der Waals surface area contributed by atoms with Gasteiger partial charge in [-0.1, -0.05) is 72.2 Å². The smallest absolute Gasteiger partial charge is 0.0346 e. The van der Waals surface area contributed by atoms with Crippen molar-refractivity contribution in [3.63, 3.8) is 0 Å². The maximum absolute atomic E-state index is 3.66. The van der Waals surface area contributed by atoms with Gasteiger partial charge in [-0.05, 0) is 29.2 Å². The standard InChI is InChI=1S/C17H20BrN/c1-13(2)17(15-6-4-3-5-7-15)19-12-14-8-10-16(18)11-9-14/h3-11,13,17,19H,12H2,1-2H3. The van der Waals surface area contributed by atoms with Crippen molar-refractivity contribution in [2.75, 3.05) is 0 Å². The van der Waals surface area contributed by atoms with Crippen LogP contribution in [0.15, 0.2) is 59.1 Å². The Morgan fingerprint density at radius 3 is 2.16 bits per heavy atom. The van der Waals surface area contributed by atoms with Crippen LogP contribution in [0.5, 0.6) is 0 Å². The fraction of sp³-hybridized carbons (Fsp3) is 0.294. The van der Waals surface area contributed by atoms with E-state index in [1.165, 1.54) is 11.1 Å². The zero-order chi connectivity index (χ0) is 13.7. The summed E-state index contributed by atoms with van der Waals surface area (Å²) in [5.74, 6) is 0.567. The Hall–Kier alpha value is -1.12. The summed E-state index contributed by atoms with van der Waals surface area (Å²) in [6.45, 7) is 5.41. The summed E-state index contributed by atoms with van der Waals surface area (Å²) in [4.78, 5) is 0. The molecule has 0 saturated carbocycles. The van der Waals surface area contributed by atoms with Crippen LogP contribution in [0.2, 0.25) is 0 Å². The summed E-state index contributed by atoms with van der Waals surface area (Å²) in [5, 5.41) is 3.66. The van der Waals surface area contributed by atoms with Gasteiger partial charge in [0.1, 0.15) is 0 Å². The molecule has 0 spiro atoms. The van der Waals surface area contributed by atoms with E-state index in [0.29, 0.717) is 12.0 Å². The molecule has 2 aromatic rings. The van der Waals surface area contributed by atoms with Crippen molar-refractivity contribution >= 4 is 15.9 Å². The number of halogens is 1. The highest BCUT2D eigenvalue weighted by Crippen LogP contribution is 2.22. The third kappa shape index (κ3) is 4.19. The second kappa shape index (κ2) is 6.88. The van der Waals surface area contributed by atoms with Crippen LogP contribution in [0, 0.1) is 5.92 Å². The Kier molecular flexibility index (Phi) is 5.17. The molecule has 0 radical (unpaired) electrons. The molecule has 0 amide bonds. The molecule has 1 N–H and O–H groups in total. The molecule has 0 aliphatic rings. The molecule has 2 rings (SSSR count). The second-order valence-corrected chi connectivity index (χ2v) is 6.06. The quantitative estimate of drug-likeness (QED) is 0.824. The summed E-state index contributed by atoms with van der Waals surface area (Å²) < 4.78 is 1.12. The van der Waals surface area contributed by atoms with Crippen LogP contribution in [0.1, 0.15) is 31.0 Å². The van der Waals surface area contributed by atoms with Gasteiger partial charge in [0.2, 0.25) is 0 Å². The first-order chi connectivity index (χ1) is 9.16. The Morgan fingerprint density at radius 1 is 0.947 bits per heavy atom. The fourth-order valence-corrected chi connectivity index (χ4v) is 2.49. The Bertz CT molecular complexity index is 490. The Labute approximate surface area is 124 Å². The average molecular weight is 318 g/mol. The van der Waals surface area contributed by atoms with Gasteiger partial charge in [0.05, 0.1) is 0 Å². The van der Waals surface area contributed by atoms with E-state index >= 15 is 0 Å². The van der Waals surface area contributed by atoms with Gasteiger partial charge in [0.15, 0.2) is 0 Å². The molecule has 0 fully saturated rings. The molecule has 0 aliphatic heterocycles. The van der Waals surface area contributed by atoms with Crippen molar-refractivity contribution in [2.45, 2.75) is 26.4 Å². The predicted octanol–water partition coefficient (Wildman–Crippen LogP) is 4.94. The van der Waals surface area contributed by atoms with Crippen molar-refractivity contribution in [1.82, 2.24) is 5.32 Å². The first-order valence-electron chi connectivity index (χ1n) is 6.69. The monoisotopic (exact) mass is 317 g/mol. The minimum Gasteiger partial charge on any atom is -0.306 e. The molecule has 0 bridgehead atoms. The van der Waals surface area contributed by atoms with E-state index < -0.39 is 0 Å². The largest absolute Gasteiger partial charge is 0.306 e. The molecule has 100 valence electrons. The third-order valence-corrected chi connectivity index (χ3v) is 3.79. The molecule has 2 heteroatoms. The van der Waals surface area contributed by atoms with Gasteiger partial charge in [-0.25, -0.2) is 0 Å². The lowest BCUT2D eigenvalue weighted by atomic mass is 9.96. The first kappa shape index (κ1) is 14.3. The summed E-state index contributed by atoms with van der Waals surface area (Å²) in [5.41, 5.74) is 2.67. The maximum atomic E-state index is 3.66. The molecule has 19 heavy (non-hydrogen) atoms. The average Bonchev–Trinajstić information content (AvgIpc) is 2.42. The minimum atomic E-state index is 0.393. The molecular weight excluding hydrogens is 298 g/mol. The van der Waals surface area contributed by atoms with E-state index in [0.717, 1.165) is 11.0 Å². The molecule has 0 heterocycles. The van der Waals surface area contributed by atoms with Crippen LogP contribution >= 0.6 is 15.9 Å². The third-order valence-electron chi connectivity index (χ3n) is 3.26. The van der Waals surface area contributed by atoms with Crippen molar-refractivity contribution in [2.24, 2.45) is 5.92 Å². The number of rotatable bonds is 5. The normalized spacial score (nSPS) is 12.6. The van der Waals surface area contributed by atoms with E-state index in [1.54, 1.807) is 0 Å². The van der Waals surface area contributed by atoms with Gasteiger partial charge < -0.3 is 5.32 Å². The van der Waals surface area contributed by atoms with Crippen molar-refractivity contribution in [3.8, 4) is 0 Å². The number of hydrogen-bond acceptors (Lipinski definition) is 1. The van der Waals surface area contributed by atoms with Gasteiger partial charge in [-0.3, -0.25) is 0 Å². The topological polar surface area (TPSA) is 12.0 Å². The van der Waals surface area contributed by atoms with Crippen LogP contribution in [-0.2, 0) is 6.54 Å².